The number of nitrogens with one attached hydrogen (secondary N) is 2. The summed E-state index contributed by atoms with van der Waals surface area (Å²) in [7, 11) is 0. The van der Waals surface area contributed by atoms with E-state index in [2.05, 4.69) is 10.6 Å². The first kappa shape index (κ1) is 17.8. The van der Waals surface area contributed by atoms with Gasteiger partial charge in [0.2, 0.25) is 5.91 Å². The number of halogens is 1. The SMILES string of the molecule is Cc1ccccc1CC(=O)NC(=S)Nc1ccc(Cl)cc1[N+](=O)[O-]. The molecule has 0 atom stereocenters. The van der Waals surface area contributed by atoms with E-state index in [1.165, 1.54) is 18.2 Å². The number of amides is 1. The summed E-state index contributed by atoms with van der Waals surface area (Å²) < 4.78 is 0. The summed E-state index contributed by atoms with van der Waals surface area (Å²) in [5, 5.41) is 16.4. The molecule has 0 saturated heterocycles. The highest BCUT2D eigenvalue weighted by atomic mass is 35.5. The van der Waals surface area contributed by atoms with Gasteiger partial charge in [0.1, 0.15) is 5.69 Å². The molecule has 0 fully saturated rings. The van der Waals surface area contributed by atoms with Crippen LogP contribution in [0.4, 0.5) is 11.4 Å². The third-order valence-electron chi connectivity index (χ3n) is 3.27. The lowest BCUT2D eigenvalue weighted by atomic mass is 10.1. The first-order chi connectivity index (χ1) is 11.4. The third kappa shape index (κ3) is 4.74. The number of nitro groups is 1. The minimum atomic E-state index is -0.577. The fourth-order valence-corrected chi connectivity index (χ4v) is 2.46. The van der Waals surface area contributed by atoms with Crippen LogP contribution in [0.25, 0.3) is 0 Å². The summed E-state index contributed by atoms with van der Waals surface area (Å²) >= 11 is 10.8. The number of aryl methyl sites for hydroxylation is 1. The zero-order valence-electron chi connectivity index (χ0n) is 12.7. The Kier molecular flexibility index (Phi) is 5.83. The number of nitrogens with zero attached hydrogens (tertiary/aromatic N) is 1. The topological polar surface area (TPSA) is 84.3 Å². The van der Waals surface area contributed by atoms with Crippen molar-refractivity contribution in [3.8, 4) is 0 Å². The monoisotopic (exact) mass is 363 g/mol. The maximum atomic E-state index is 12.0. The Balaban J connectivity index is 2.02. The third-order valence-corrected chi connectivity index (χ3v) is 3.71. The molecule has 0 unspecified atom stereocenters. The Labute approximate surface area is 149 Å². The Bertz CT molecular complexity index is 811. The van der Waals surface area contributed by atoms with Gasteiger partial charge in [0.25, 0.3) is 5.69 Å². The zero-order chi connectivity index (χ0) is 17.7. The molecule has 0 spiro atoms. The molecular formula is C16H14ClN3O3S. The Morgan fingerprint density at radius 1 is 1.29 bits per heavy atom. The van der Waals surface area contributed by atoms with E-state index in [4.69, 9.17) is 23.8 Å². The maximum Gasteiger partial charge on any atom is 0.294 e. The molecule has 0 aromatic heterocycles. The lowest BCUT2D eigenvalue weighted by molar-refractivity contribution is -0.383. The van der Waals surface area contributed by atoms with E-state index < -0.39 is 4.92 Å². The average molecular weight is 364 g/mol. The molecule has 2 rings (SSSR count). The molecule has 2 aromatic carbocycles. The molecule has 6 nitrogen and oxygen atoms in total. The molecule has 0 bridgehead atoms. The van der Waals surface area contributed by atoms with Gasteiger partial charge in [-0.05, 0) is 42.4 Å². The van der Waals surface area contributed by atoms with Crippen molar-refractivity contribution in [1.82, 2.24) is 5.32 Å². The van der Waals surface area contributed by atoms with Crippen LogP contribution >= 0.6 is 23.8 Å². The second-order valence-electron chi connectivity index (χ2n) is 5.02. The quantitative estimate of drug-likeness (QED) is 0.492. The van der Waals surface area contributed by atoms with Crippen LogP contribution in [0.15, 0.2) is 42.5 Å². The fraction of sp³-hybridized carbons (Fsp3) is 0.125. The predicted molar refractivity (Wildman–Crippen MR) is 97.4 cm³/mol. The van der Waals surface area contributed by atoms with Gasteiger partial charge in [-0.1, -0.05) is 35.9 Å². The van der Waals surface area contributed by atoms with E-state index in [-0.39, 0.29) is 33.8 Å². The smallest absolute Gasteiger partial charge is 0.294 e. The number of rotatable bonds is 4. The van der Waals surface area contributed by atoms with Crippen molar-refractivity contribution in [1.29, 1.82) is 0 Å². The van der Waals surface area contributed by atoms with Crippen LogP contribution < -0.4 is 10.6 Å². The number of nitro benzene ring substituents is 1. The first-order valence-electron chi connectivity index (χ1n) is 6.96. The summed E-state index contributed by atoms with van der Waals surface area (Å²) in [4.78, 5) is 22.5. The summed E-state index contributed by atoms with van der Waals surface area (Å²) in [6, 6.07) is 11.6. The predicted octanol–water partition coefficient (Wildman–Crippen LogP) is 3.61. The van der Waals surface area contributed by atoms with Gasteiger partial charge >= 0.3 is 0 Å². The summed E-state index contributed by atoms with van der Waals surface area (Å²) in [5.74, 6) is -0.307. The van der Waals surface area contributed by atoms with Crippen molar-refractivity contribution in [3.05, 3.63) is 68.7 Å². The number of hydrogen-bond acceptors (Lipinski definition) is 4. The van der Waals surface area contributed by atoms with Gasteiger partial charge in [0.05, 0.1) is 11.3 Å². The van der Waals surface area contributed by atoms with Gasteiger partial charge in [0.15, 0.2) is 5.11 Å². The Morgan fingerprint density at radius 2 is 2.00 bits per heavy atom. The van der Waals surface area contributed by atoms with Crippen LogP contribution in [0.2, 0.25) is 5.02 Å². The lowest BCUT2D eigenvalue weighted by Crippen LogP contribution is -2.35. The molecule has 0 aliphatic heterocycles. The normalized spacial score (nSPS) is 10.1. The zero-order valence-corrected chi connectivity index (χ0v) is 14.3. The van der Waals surface area contributed by atoms with Crippen LogP contribution in [0.1, 0.15) is 11.1 Å². The van der Waals surface area contributed by atoms with Crippen molar-refractivity contribution < 1.29 is 9.72 Å². The molecule has 124 valence electrons. The van der Waals surface area contributed by atoms with Gasteiger partial charge in [-0.25, -0.2) is 0 Å². The average Bonchev–Trinajstić information content (AvgIpc) is 2.51. The van der Waals surface area contributed by atoms with E-state index in [0.717, 1.165) is 11.1 Å². The molecule has 0 radical (unpaired) electrons. The van der Waals surface area contributed by atoms with Crippen LogP contribution in [0.5, 0.6) is 0 Å². The van der Waals surface area contributed by atoms with Gasteiger partial charge < -0.3 is 10.6 Å². The highest BCUT2D eigenvalue weighted by Gasteiger charge is 2.16. The van der Waals surface area contributed by atoms with Gasteiger partial charge in [-0.2, -0.15) is 0 Å². The molecule has 0 saturated carbocycles. The fourth-order valence-electron chi connectivity index (χ4n) is 2.07. The van der Waals surface area contributed by atoms with Gasteiger partial charge in [-0.3, -0.25) is 14.9 Å². The first-order valence-corrected chi connectivity index (χ1v) is 7.74. The Hall–Kier alpha value is -2.51. The largest absolute Gasteiger partial charge is 0.327 e. The van der Waals surface area contributed by atoms with Crippen molar-refractivity contribution in [2.75, 3.05) is 5.32 Å². The number of thiocarbonyl (C=S) groups is 1. The van der Waals surface area contributed by atoms with Crippen LogP contribution in [-0.2, 0) is 11.2 Å². The molecule has 0 aliphatic rings. The number of carbonyl (C=O) groups is 1. The van der Waals surface area contributed by atoms with Crippen LogP contribution in [-0.4, -0.2) is 15.9 Å². The maximum absolute atomic E-state index is 12.0. The minimum absolute atomic E-state index is 0.0148. The van der Waals surface area contributed by atoms with E-state index >= 15 is 0 Å². The van der Waals surface area contributed by atoms with Crippen molar-refractivity contribution in [2.45, 2.75) is 13.3 Å². The lowest BCUT2D eigenvalue weighted by Gasteiger charge is -2.11. The second kappa shape index (κ2) is 7.85. The highest BCUT2D eigenvalue weighted by Crippen LogP contribution is 2.27. The molecule has 2 aromatic rings. The van der Waals surface area contributed by atoms with E-state index in [1.54, 1.807) is 0 Å². The number of hydrogen-bond donors (Lipinski definition) is 2. The number of anilines is 1. The summed E-state index contributed by atoms with van der Waals surface area (Å²) in [6.45, 7) is 1.91. The molecule has 0 aliphatic carbocycles. The molecule has 0 heterocycles. The van der Waals surface area contributed by atoms with E-state index in [0.29, 0.717) is 0 Å². The summed E-state index contributed by atoms with van der Waals surface area (Å²) in [6.07, 6.45) is 0.164. The number of benzene rings is 2. The van der Waals surface area contributed by atoms with Gasteiger partial charge in [0, 0.05) is 11.1 Å². The van der Waals surface area contributed by atoms with Gasteiger partial charge in [-0.15, -0.1) is 0 Å². The summed E-state index contributed by atoms with van der Waals surface area (Å²) in [5.41, 5.74) is 1.82. The van der Waals surface area contributed by atoms with Crippen molar-refractivity contribution in [3.63, 3.8) is 0 Å². The standard InChI is InChI=1S/C16H14ClN3O3S/c1-10-4-2-3-5-11(10)8-15(21)19-16(24)18-13-7-6-12(17)9-14(13)20(22)23/h2-7,9H,8H2,1H3,(H2,18,19,21,24). The molecule has 2 N–H and O–H groups in total. The highest BCUT2D eigenvalue weighted by molar-refractivity contribution is 7.80. The van der Waals surface area contributed by atoms with E-state index in [1.807, 2.05) is 31.2 Å². The molecule has 1 amide bonds. The molecular weight excluding hydrogens is 350 g/mol. The van der Waals surface area contributed by atoms with Crippen molar-refractivity contribution >= 4 is 46.2 Å². The molecule has 24 heavy (non-hydrogen) atoms. The number of carbonyl (C=O) groups excluding carboxylic acids is 1. The van der Waals surface area contributed by atoms with Crippen LogP contribution in [0, 0.1) is 17.0 Å². The minimum Gasteiger partial charge on any atom is -0.327 e. The van der Waals surface area contributed by atoms with Crippen molar-refractivity contribution in [2.24, 2.45) is 0 Å². The Morgan fingerprint density at radius 3 is 2.67 bits per heavy atom. The molecule has 8 heteroatoms. The van der Waals surface area contributed by atoms with E-state index in [9.17, 15) is 14.9 Å². The second-order valence-corrected chi connectivity index (χ2v) is 5.87. The van der Waals surface area contributed by atoms with Crippen LogP contribution in [0.3, 0.4) is 0 Å².